The molecule has 6 nitrogen and oxygen atoms in total. The topological polar surface area (TPSA) is 72.9 Å². The van der Waals surface area contributed by atoms with Gasteiger partial charge in [0.1, 0.15) is 6.04 Å². The molecular weight excluding hydrogens is 390 g/mol. The van der Waals surface area contributed by atoms with E-state index in [9.17, 15) is 14.4 Å². The SMILES string of the molecule is CCCC(=O)SC1=C(CC(=O)OCC)CN([C@H](C(=O)OC)c2ccccc2)CC1. The van der Waals surface area contributed by atoms with Gasteiger partial charge in [0.2, 0.25) is 0 Å². The van der Waals surface area contributed by atoms with Gasteiger partial charge in [0, 0.05) is 19.5 Å². The Morgan fingerprint density at radius 1 is 1.17 bits per heavy atom. The fourth-order valence-corrected chi connectivity index (χ4v) is 4.41. The van der Waals surface area contributed by atoms with Gasteiger partial charge in [0.25, 0.3) is 0 Å². The maximum absolute atomic E-state index is 12.6. The Morgan fingerprint density at radius 3 is 2.52 bits per heavy atom. The molecule has 2 rings (SSSR count). The third-order valence-corrected chi connectivity index (χ3v) is 5.84. The lowest BCUT2D eigenvalue weighted by Gasteiger charge is -2.35. The van der Waals surface area contributed by atoms with E-state index in [2.05, 4.69) is 0 Å². The van der Waals surface area contributed by atoms with Gasteiger partial charge < -0.3 is 9.47 Å². The van der Waals surface area contributed by atoms with E-state index in [1.54, 1.807) is 6.92 Å². The van der Waals surface area contributed by atoms with Crippen LogP contribution in [0.5, 0.6) is 0 Å². The Labute approximate surface area is 176 Å². The summed E-state index contributed by atoms with van der Waals surface area (Å²) in [6, 6.07) is 8.89. The summed E-state index contributed by atoms with van der Waals surface area (Å²) in [6.07, 6.45) is 2.01. The molecule has 1 aliphatic heterocycles. The minimum Gasteiger partial charge on any atom is -0.468 e. The zero-order valence-corrected chi connectivity index (χ0v) is 18.1. The van der Waals surface area contributed by atoms with E-state index in [0.717, 1.165) is 22.5 Å². The number of thioether (sulfide) groups is 1. The number of carbonyl (C=O) groups excluding carboxylic acids is 3. The molecule has 0 spiro atoms. The van der Waals surface area contributed by atoms with Crippen molar-refractivity contribution in [2.24, 2.45) is 0 Å². The van der Waals surface area contributed by atoms with Gasteiger partial charge in [-0.15, -0.1) is 0 Å². The van der Waals surface area contributed by atoms with Crippen LogP contribution in [-0.2, 0) is 23.9 Å². The molecule has 1 aromatic carbocycles. The fraction of sp³-hybridized carbons (Fsp3) is 0.500. The number of ether oxygens (including phenoxy) is 2. The predicted molar refractivity (Wildman–Crippen MR) is 113 cm³/mol. The fourth-order valence-electron chi connectivity index (χ4n) is 3.35. The van der Waals surface area contributed by atoms with Gasteiger partial charge >= 0.3 is 11.9 Å². The van der Waals surface area contributed by atoms with Crippen LogP contribution >= 0.6 is 11.8 Å². The van der Waals surface area contributed by atoms with E-state index >= 15 is 0 Å². The number of carbonyl (C=O) groups is 3. The molecule has 0 saturated heterocycles. The highest BCUT2D eigenvalue weighted by atomic mass is 32.2. The standard InChI is InChI=1S/C22H29NO5S/c1-4-9-20(25)29-18-12-13-23(15-17(18)14-19(24)28-5-2)21(22(26)27-3)16-10-7-6-8-11-16/h6-8,10-11,21H,4-5,9,12-15H2,1-3H3/t21-/m0/s1. The molecule has 7 heteroatoms. The van der Waals surface area contributed by atoms with E-state index < -0.39 is 6.04 Å². The van der Waals surface area contributed by atoms with Crippen molar-refractivity contribution in [3.8, 4) is 0 Å². The zero-order chi connectivity index (χ0) is 21.2. The van der Waals surface area contributed by atoms with Crippen molar-refractivity contribution in [1.29, 1.82) is 0 Å². The van der Waals surface area contributed by atoms with Gasteiger partial charge in [0.05, 0.1) is 20.1 Å². The van der Waals surface area contributed by atoms with Crippen molar-refractivity contribution in [3.63, 3.8) is 0 Å². The van der Waals surface area contributed by atoms with Crippen LogP contribution in [-0.4, -0.2) is 48.8 Å². The van der Waals surface area contributed by atoms with Crippen LogP contribution in [0, 0.1) is 0 Å². The molecule has 0 amide bonds. The molecule has 0 aliphatic carbocycles. The molecule has 0 bridgehead atoms. The van der Waals surface area contributed by atoms with Crippen molar-refractivity contribution in [1.82, 2.24) is 4.90 Å². The summed E-state index contributed by atoms with van der Waals surface area (Å²) in [6.45, 7) is 5.05. The largest absolute Gasteiger partial charge is 0.468 e. The average Bonchev–Trinajstić information content (AvgIpc) is 2.71. The van der Waals surface area contributed by atoms with Gasteiger partial charge in [-0.1, -0.05) is 49.0 Å². The Bertz CT molecular complexity index is 747. The van der Waals surface area contributed by atoms with Crippen LogP contribution in [0.25, 0.3) is 0 Å². The summed E-state index contributed by atoms with van der Waals surface area (Å²) in [5.74, 6) is -0.662. The number of hydrogen-bond acceptors (Lipinski definition) is 7. The second kappa shape index (κ2) is 11.8. The van der Waals surface area contributed by atoms with Crippen LogP contribution < -0.4 is 0 Å². The molecule has 0 unspecified atom stereocenters. The van der Waals surface area contributed by atoms with Crippen molar-refractivity contribution in [2.45, 2.75) is 45.6 Å². The predicted octanol–water partition coefficient (Wildman–Crippen LogP) is 3.87. The van der Waals surface area contributed by atoms with Crippen LogP contribution in [0.2, 0.25) is 0 Å². The lowest BCUT2D eigenvalue weighted by Crippen LogP contribution is -2.40. The van der Waals surface area contributed by atoms with Gasteiger partial charge in [-0.2, -0.15) is 0 Å². The lowest BCUT2D eigenvalue weighted by atomic mass is 10.00. The Balaban J connectivity index is 2.29. The first kappa shape index (κ1) is 23.2. The summed E-state index contributed by atoms with van der Waals surface area (Å²) in [5, 5.41) is 0.102. The van der Waals surface area contributed by atoms with E-state index in [1.807, 2.05) is 42.2 Å². The van der Waals surface area contributed by atoms with E-state index in [4.69, 9.17) is 9.47 Å². The molecule has 1 aromatic rings. The highest BCUT2D eigenvalue weighted by Gasteiger charge is 2.33. The minimum absolute atomic E-state index is 0.102. The van der Waals surface area contributed by atoms with Crippen molar-refractivity contribution in [3.05, 3.63) is 46.4 Å². The smallest absolute Gasteiger partial charge is 0.327 e. The Kier molecular flexibility index (Phi) is 9.41. The number of methoxy groups -OCH3 is 1. The molecule has 29 heavy (non-hydrogen) atoms. The average molecular weight is 420 g/mol. The molecule has 0 radical (unpaired) electrons. The van der Waals surface area contributed by atoms with Gasteiger partial charge in [-0.3, -0.25) is 14.5 Å². The van der Waals surface area contributed by atoms with Crippen molar-refractivity contribution < 1.29 is 23.9 Å². The number of benzene rings is 1. The number of esters is 2. The van der Waals surface area contributed by atoms with Gasteiger partial charge in [-0.25, -0.2) is 4.79 Å². The molecular formula is C22H29NO5S. The number of hydrogen-bond donors (Lipinski definition) is 0. The molecule has 1 heterocycles. The van der Waals surface area contributed by atoms with Crippen LogP contribution in [0.1, 0.15) is 51.1 Å². The first-order chi connectivity index (χ1) is 14.0. The summed E-state index contributed by atoms with van der Waals surface area (Å²) < 4.78 is 10.2. The lowest BCUT2D eigenvalue weighted by molar-refractivity contribution is -0.147. The number of nitrogens with zero attached hydrogens (tertiary/aromatic N) is 1. The summed E-state index contributed by atoms with van der Waals surface area (Å²) >= 11 is 1.23. The maximum atomic E-state index is 12.6. The highest BCUT2D eigenvalue weighted by Crippen LogP contribution is 2.35. The summed E-state index contributed by atoms with van der Waals surface area (Å²) in [4.78, 5) is 39.8. The summed E-state index contributed by atoms with van der Waals surface area (Å²) in [7, 11) is 1.38. The molecule has 0 aromatic heterocycles. The first-order valence-electron chi connectivity index (χ1n) is 9.94. The third-order valence-electron chi connectivity index (χ3n) is 4.67. The third kappa shape index (κ3) is 6.72. The molecule has 0 saturated carbocycles. The zero-order valence-electron chi connectivity index (χ0n) is 17.3. The van der Waals surface area contributed by atoms with E-state index in [1.165, 1.54) is 18.9 Å². The van der Waals surface area contributed by atoms with E-state index in [-0.39, 0.29) is 23.5 Å². The summed E-state index contributed by atoms with van der Waals surface area (Å²) in [5.41, 5.74) is 1.68. The van der Waals surface area contributed by atoms with Crippen LogP contribution in [0.3, 0.4) is 0 Å². The van der Waals surface area contributed by atoms with Crippen LogP contribution in [0.4, 0.5) is 0 Å². The molecule has 0 N–H and O–H groups in total. The van der Waals surface area contributed by atoms with Gasteiger partial charge in [-0.05, 0) is 35.8 Å². The monoisotopic (exact) mass is 419 g/mol. The Morgan fingerprint density at radius 2 is 1.90 bits per heavy atom. The quantitative estimate of drug-likeness (QED) is 0.563. The second-order valence-electron chi connectivity index (χ2n) is 6.79. The minimum atomic E-state index is -0.559. The molecule has 1 aliphatic rings. The van der Waals surface area contributed by atoms with Crippen molar-refractivity contribution >= 4 is 28.8 Å². The maximum Gasteiger partial charge on any atom is 0.327 e. The molecule has 0 fully saturated rings. The normalized spacial score (nSPS) is 15.7. The Hall–Kier alpha value is -2.12. The van der Waals surface area contributed by atoms with Crippen molar-refractivity contribution in [2.75, 3.05) is 26.8 Å². The van der Waals surface area contributed by atoms with E-state index in [0.29, 0.717) is 32.5 Å². The molecule has 158 valence electrons. The molecule has 1 atom stereocenters. The first-order valence-corrected chi connectivity index (χ1v) is 10.8. The highest BCUT2D eigenvalue weighted by molar-refractivity contribution is 8.16. The van der Waals surface area contributed by atoms with Crippen LogP contribution in [0.15, 0.2) is 40.8 Å². The number of rotatable bonds is 9. The second-order valence-corrected chi connectivity index (χ2v) is 7.94. The van der Waals surface area contributed by atoms with Gasteiger partial charge in [0.15, 0.2) is 5.12 Å².